The first-order valence-electron chi connectivity index (χ1n) is 9.25. The van der Waals surface area contributed by atoms with Crippen LogP contribution in [0.25, 0.3) is 10.9 Å². The van der Waals surface area contributed by atoms with Crippen LogP contribution in [0.3, 0.4) is 0 Å². The Morgan fingerprint density at radius 3 is 2.69 bits per heavy atom. The number of carbonyl (C=O) groups is 2. The molecule has 3 N–H and O–H groups in total. The summed E-state index contributed by atoms with van der Waals surface area (Å²) in [6.45, 7) is 4.29. The number of carboxylic acids is 1. The van der Waals surface area contributed by atoms with Gasteiger partial charge in [0.1, 0.15) is 11.1 Å². The van der Waals surface area contributed by atoms with E-state index in [1.54, 1.807) is 4.90 Å². The number of hydrogen-bond acceptors (Lipinski definition) is 3. The van der Waals surface area contributed by atoms with Crippen molar-refractivity contribution >= 4 is 22.8 Å². The second-order valence-corrected chi connectivity index (χ2v) is 7.12. The Morgan fingerprint density at radius 2 is 2.04 bits per heavy atom. The molecule has 0 bridgehead atoms. The zero-order valence-electron chi connectivity index (χ0n) is 15.3. The van der Waals surface area contributed by atoms with Gasteiger partial charge < -0.3 is 20.1 Å². The van der Waals surface area contributed by atoms with Gasteiger partial charge >= 0.3 is 5.97 Å². The van der Waals surface area contributed by atoms with Crippen molar-refractivity contribution in [1.29, 1.82) is 0 Å². The number of nitrogens with zero attached hydrogens (tertiary/aromatic N) is 1. The molecule has 0 spiro atoms. The third kappa shape index (κ3) is 2.88. The second kappa shape index (κ2) is 7.11. The number of amides is 1. The average molecular weight is 358 g/mol. The smallest absolute Gasteiger partial charge is 0.314 e. The SMILES string of the molecule is CCC[C@@]1(C(=O)O)CN(C(=O)c2[nH]c3ccccc3c2CC)CC[C@H]1O. The van der Waals surface area contributed by atoms with E-state index in [4.69, 9.17) is 0 Å². The van der Waals surface area contributed by atoms with Crippen molar-refractivity contribution in [3.8, 4) is 0 Å². The first-order chi connectivity index (χ1) is 12.4. The predicted octanol–water partition coefficient (Wildman–Crippen LogP) is 2.81. The van der Waals surface area contributed by atoms with Gasteiger partial charge in [-0.25, -0.2) is 0 Å². The summed E-state index contributed by atoms with van der Waals surface area (Å²) in [4.78, 5) is 29.9. The maximum atomic E-state index is 13.2. The molecule has 1 fully saturated rings. The summed E-state index contributed by atoms with van der Waals surface area (Å²) >= 11 is 0. The van der Waals surface area contributed by atoms with E-state index in [1.807, 2.05) is 38.1 Å². The monoisotopic (exact) mass is 358 g/mol. The molecule has 2 aromatic rings. The lowest BCUT2D eigenvalue weighted by molar-refractivity contribution is -0.162. The molecule has 0 aliphatic carbocycles. The molecule has 1 aromatic carbocycles. The summed E-state index contributed by atoms with van der Waals surface area (Å²) in [6.07, 6.45) is 1.04. The number of aromatic nitrogens is 1. The lowest BCUT2D eigenvalue weighted by Gasteiger charge is -2.43. The van der Waals surface area contributed by atoms with Gasteiger partial charge in [-0.3, -0.25) is 9.59 Å². The van der Waals surface area contributed by atoms with Crippen LogP contribution < -0.4 is 0 Å². The Hall–Kier alpha value is -2.34. The van der Waals surface area contributed by atoms with Crippen LogP contribution >= 0.6 is 0 Å². The summed E-state index contributed by atoms with van der Waals surface area (Å²) in [5.41, 5.74) is 1.10. The average Bonchev–Trinajstić information content (AvgIpc) is 3.01. The van der Waals surface area contributed by atoms with Gasteiger partial charge in [-0.05, 0) is 30.9 Å². The van der Waals surface area contributed by atoms with Crippen LogP contribution in [-0.4, -0.2) is 51.2 Å². The molecule has 6 nitrogen and oxygen atoms in total. The lowest BCUT2D eigenvalue weighted by Crippen LogP contribution is -2.57. The van der Waals surface area contributed by atoms with Crippen LogP contribution in [0.4, 0.5) is 0 Å². The molecule has 1 aliphatic rings. The number of aliphatic carboxylic acids is 1. The highest BCUT2D eigenvalue weighted by atomic mass is 16.4. The van der Waals surface area contributed by atoms with E-state index in [1.165, 1.54) is 0 Å². The fourth-order valence-corrected chi connectivity index (χ4v) is 4.17. The van der Waals surface area contributed by atoms with Crippen molar-refractivity contribution in [1.82, 2.24) is 9.88 Å². The summed E-state index contributed by atoms with van der Waals surface area (Å²) < 4.78 is 0. The molecule has 1 aliphatic heterocycles. The van der Waals surface area contributed by atoms with E-state index in [-0.39, 0.29) is 18.9 Å². The van der Waals surface area contributed by atoms with Gasteiger partial charge in [-0.1, -0.05) is 38.5 Å². The number of H-pyrrole nitrogens is 1. The van der Waals surface area contributed by atoms with Crippen LogP contribution in [-0.2, 0) is 11.2 Å². The fourth-order valence-electron chi connectivity index (χ4n) is 4.17. The zero-order valence-corrected chi connectivity index (χ0v) is 15.3. The number of likely N-dealkylation sites (tertiary alicyclic amines) is 1. The number of fused-ring (bicyclic) bond motifs is 1. The standard InChI is InChI=1S/C20H26N2O4/c1-3-10-20(19(25)26)12-22(11-9-16(20)23)18(24)17-13(4-2)14-7-5-6-8-15(14)21-17/h5-8,16,21,23H,3-4,9-12H2,1-2H3,(H,25,26)/t16-,20-/m1/s1. The minimum Gasteiger partial charge on any atom is -0.481 e. The van der Waals surface area contributed by atoms with Gasteiger partial charge in [0.15, 0.2) is 0 Å². The molecule has 2 heterocycles. The summed E-state index contributed by atoms with van der Waals surface area (Å²) in [6, 6.07) is 7.78. The summed E-state index contributed by atoms with van der Waals surface area (Å²) in [5, 5.41) is 21.2. The highest BCUT2D eigenvalue weighted by molar-refractivity contribution is 6.01. The number of nitrogens with one attached hydrogen (secondary N) is 1. The topological polar surface area (TPSA) is 93.6 Å². The van der Waals surface area contributed by atoms with Crippen molar-refractivity contribution in [2.75, 3.05) is 13.1 Å². The molecular formula is C20H26N2O4. The number of aromatic amines is 1. The molecule has 3 rings (SSSR count). The minimum absolute atomic E-state index is 0.0364. The number of aryl methyl sites for hydroxylation is 1. The van der Waals surface area contributed by atoms with Gasteiger partial charge in [-0.2, -0.15) is 0 Å². The minimum atomic E-state index is -1.29. The van der Waals surface area contributed by atoms with Crippen molar-refractivity contribution in [3.63, 3.8) is 0 Å². The van der Waals surface area contributed by atoms with E-state index >= 15 is 0 Å². The second-order valence-electron chi connectivity index (χ2n) is 7.12. The molecule has 1 saturated heterocycles. The zero-order chi connectivity index (χ0) is 18.9. The maximum Gasteiger partial charge on any atom is 0.314 e. The van der Waals surface area contributed by atoms with E-state index < -0.39 is 17.5 Å². The van der Waals surface area contributed by atoms with Crippen LogP contribution in [0.15, 0.2) is 24.3 Å². The van der Waals surface area contributed by atoms with Crippen LogP contribution in [0.5, 0.6) is 0 Å². The molecule has 2 atom stereocenters. The van der Waals surface area contributed by atoms with Crippen molar-refractivity contribution < 1.29 is 19.8 Å². The third-order valence-corrected chi connectivity index (χ3v) is 5.57. The van der Waals surface area contributed by atoms with E-state index in [2.05, 4.69) is 4.98 Å². The van der Waals surface area contributed by atoms with Crippen LogP contribution in [0.1, 0.15) is 49.2 Å². The Kier molecular flexibility index (Phi) is 5.05. The number of carboxylic acid groups (broad SMARTS) is 1. The summed E-state index contributed by atoms with van der Waals surface area (Å²) in [7, 11) is 0. The van der Waals surface area contributed by atoms with E-state index in [9.17, 15) is 19.8 Å². The van der Waals surface area contributed by atoms with E-state index in [0.29, 0.717) is 31.5 Å². The number of benzene rings is 1. The molecule has 6 heteroatoms. The highest BCUT2D eigenvalue weighted by Crippen LogP contribution is 2.36. The molecule has 140 valence electrons. The maximum absolute atomic E-state index is 13.2. The Labute approximate surface area is 152 Å². The Morgan fingerprint density at radius 1 is 1.31 bits per heavy atom. The van der Waals surface area contributed by atoms with Gasteiger partial charge in [0.05, 0.1) is 6.10 Å². The Bertz CT molecular complexity index is 828. The quantitative estimate of drug-likeness (QED) is 0.766. The molecule has 26 heavy (non-hydrogen) atoms. The van der Waals surface area contributed by atoms with Crippen LogP contribution in [0.2, 0.25) is 0 Å². The van der Waals surface area contributed by atoms with Crippen molar-refractivity contribution in [2.45, 2.75) is 45.6 Å². The van der Waals surface area contributed by atoms with Gasteiger partial charge in [-0.15, -0.1) is 0 Å². The summed E-state index contributed by atoms with van der Waals surface area (Å²) in [5.74, 6) is -1.22. The first-order valence-corrected chi connectivity index (χ1v) is 9.25. The van der Waals surface area contributed by atoms with Crippen molar-refractivity contribution in [3.05, 3.63) is 35.5 Å². The van der Waals surface area contributed by atoms with Gasteiger partial charge in [0, 0.05) is 24.0 Å². The largest absolute Gasteiger partial charge is 0.481 e. The highest BCUT2D eigenvalue weighted by Gasteiger charge is 2.49. The lowest BCUT2D eigenvalue weighted by atomic mass is 9.74. The number of rotatable bonds is 5. The predicted molar refractivity (Wildman–Crippen MR) is 99.2 cm³/mol. The van der Waals surface area contributed by atoms with Crippen molar-refractivity contribution in [2.24, 2.45) is 5.41 Å². The molecule has 1 amide bonds. The number of piperidine rings is 1. The number of aliphatic hydroxyl groups excluding tert-OH is 1. The molecule has 0 radical (unpaired) electrons. The molecule has 1 aromatic heterocycles. The van der Waals surface area contributed by atoms with Crippen LogP contribution in [0, 0.1) is 5.41 Å². The number of carbonyl (C=O) groups excluding carboxylic acids is 1. The van der Waals surface area contributed by atoms with Gasteiger partial charge in [0.2, 0.25) is 0 Å². The molecule has 0 unspecified atom stereocenters. The molecular weight excluding hydrogens is 332 g/mol. The number of para-hydroxylation sites is 1. The normalized spacial score (nSPS) is 23.3. The van der Waals surface area contributed by atoms with E-state index in [0.717, 1.165) is 16.5 Å². The fraction of sp³-hybridized carbons (Fsp3) is 0.500. The van der Waals surface area contributed by atoms with Gasteiger partial charge in [0.25, 0.3) is 5.91 Å². The number of hydrogen-bond donors (Lipinski definition) is 3. The first kappa shape index (κ1) is 18.5. The molecule has 0 saturated carbocycles. The number of aliphatic hydroxyl groups is 1. The third-order valence-electron chi connectivity index (χ3n) is 5.57. The Balaban J connectivity index is 1.96.